The van der Waals surface area contributed by atoms with E-state index in [0.29, 0.717) is 34.0 Å². The number of benzene rings is 1. The van der Waals surface area contributed by atoms with Crippen molar-refractivity contribution in [3.63, 3.8) is 0 Å². The monoisotopic (exact) mass is 329 g/mol. The van der Waals surface area contributed by atoms with E-state index in [0.717, 1.165) is 0 Å². The van der Waals surface area contributed by atoms with Crippen molar-refractivity contribution in [1.29, 1.82) is 0 Å². The van der Waals surface area contributed by atoms with Gasteiger partial charge in [-0.1, -0.05) is 6.07 Å². The lowest BCUT2D eigenvalue weighted by Gasteiger charge is -2.07. The molecule has 1 aromatic carbocycles. The quantitative estimate of drug-likeness (QED) is 0.747. The predicted octanol–water partition coefficient (Wildman–Crippen LogP) is 2.75. The second kappa shape index (κ2) is 6.21. The van der Waals surface area contributed by atoms with E-state index < -0.39 is 0 Å². The maximum Gasteiger partial charge on any atom is 0.282 e. The van der Waals surface area contributed by atoms with Gasteiger partial charge >= 0.3 is 0 Å². The van der Waals surface area contributed by atoms with Crippen LogP contribution in [0.3, 0.4) is 0 Å². The zero-order valence-electron chi connectivity index (χ0n) is 12.7. The molecule has 2 heterocycles. The van der Waals surface area contributed by atoms with Crippen molar-refractivity contribution in [2.75, 3.05) is 6.61 Å². The Bertz CT molecular complexity index is 943. The van der Waals surface area contributed by atoms with Crippen LogP contribution in [0, 0.1) is 6.92 Å². The molecule has 118 valence electrons. The van der Waals surface area contributed by atoms with Crippen LogP contribution in [0.15, 0.2) is 39.5 Å². The van der Waals surface area contributed by atoms with Gasteiger partial charge < -0.3 is 9.84 Å². The number of aromatic nitrogens is 2. The smallest absolute Gasteiger partial charge is 0.282 e. The number of phenols is 1. The Hall–Kier alpha value is -2.67. The molecular formula is C16H15N3O3S. The van der Waals surface area contributed by atoms with Gasteiger partial charge in [-0.3, -0.25) is 4.79 Å². The van der Waals surface area contributed by atoms with Crippen molar-refractivity contribution in [2.45, 2.75) is 13.8 Å². The highest BCUT2D eigenvalue weighted by atomic mass is 32.1. The van der Waals surface area contributed by atoms with Crippen LogP contribution in [0.2, 0.25) is 0 Å². The Morgan fingerprint density at radius 3 is 3.04 bits per heavy atom. The fourth-order valence-electron chi connectivity index (χ4n) is 2.18. The zero-order chi connectivity index (χ0) is 16.4. The average molecular weight is 329 g/mol. The molecule has 6 nitrogen and oxygen atoms in total. The minimum Gasteiger partial charge on any atom is -0.504 e. The predicted molar refractivity (Wildman–Crippen MR) is 90.9 cm³/mol. The van der Waals surface area contributed by atoms with Gasteiger partial charge in [0.05, 0.1) is 18.2 Å². The molecule has 7 heteroatoms. The van der Waals surface area contributed by atoms with Crippen molar-refractivity contribution in [3.05, 3.63) is 51.4 Å². The first-order valence-electron chi connectivity index (χ1n) is 7.07. The summed E-state index contributed by atoms with van der Waals surface area (Å²) in [4.78, 5) is 17.5. The third-order valence-corrected chi connectivity index (χ3v) is 4.09. The molecule has 2 aromatic heterocycles. The molecule has 0 atom stereocenters. The summed E-state index contributed by atoms with van der Waals surface area (Å²) >= 11 is 1.42. The van der Waals surface area contributed by atoms with E-state index in [1.54, 1.807) is 31.2 Å². The molecule has 0 radical (unpaired) electrons. The fourth-order valence-corrected chi connectivity index (χ4v) is 2.98. The van der Waals surface area contributed by atoms with E-state index in [1.807, 2.05) is 12.3 Å². The van der Waals surface area contributed by atoms with Gasteiger partial charge in [-0.05, 0) is 37.4 Å². The number of aromatic hydroxyl groups is 1. The van der Waals surface area contributed by atoms with Crippen LogP contribution in [-0.4, -0.2) is 27.6 Å². The molecule has 0 saturated carbocycles. The molecular weight excluding hydrogens is 314 g/mol. The van der Waals surface area contributed by atoms with Crippen LogP contribution < -0.4 is 10.3 Å². The van der Waals surface area contributed by atoms with Gasteiger partial charge in [0.1, 0.15) is 10.7 Å². The van der Waals surface area contributed by atoms with Gasteiger partial charge in [0.15, 0.2) is 11.5 Å². The summed E-state index contributed by atoms with van der Waals surface area (Å²) in [6, 6.07) is 6.85. The van der Waals surface area contributed by atoms with E-state index in [9.17, 15) is 9.90 Å². The topological polar surface area (TPSA) is 76.7 Å². The molecule has 0 saturated heterocycles. The molecule has 0 amide bonds. The first-order valence-corrected chi connectivity index (χ1v) is 7.95. The SMILES string of the molecule is CCOc1cccc(/C=N/n2c(C)nc3sccc3c2=O)c1O. The molecule has 0 spiro atoms. The van der Waals surface area contributed by atoms with Crippen molar-refractivity contribution in [1.82, 2.24) is 9.66 Å². The second-order valence-electron chi connectivity index (χ2n) is 4.79. The lowest BCUT2D eigenvalue weighted by molar-refractivity contribution is 0.318. The number of ether oxygens (including phenoxy) is 1. The van der Waals surface area contributed by atoms with Crippen LogP contribution in [0.25, 0.3) is 10.2 Å². The van der Waals surface area contributed by atoms with Crippen molar-refractivity contribution >= 4 is 27.8 Å². The Morgan fingerprint density at radius 1 is 1.43 bits per heavy atom. The van der Waals surface area contributed by atoms with Crippen LogP contribution in [0.5, 0.6) is 11.5 Å². The largest absolute Gasteiger partial charge is 0.504 e. The minimum atomic E-state index is -0.231. The molecule has 0 unspecified atom stereocenters. The van der Waals surface area contributed by atoms with Gasteiger partial charge in [0.2, 0.25) is 0 Å². The molecule has 1 N–H and O–H groups in total. The molecule has 0 aliphatic rings. The first kappa shape index (κ1) is 15.2. The number of phenolic OH excluding ortho intramolecular Hbond substituents is 1. The average Bonchev–Trinajstić information content (AvgIpc) is 2.99. The summed E-state index contributed by atoms with van der Waals surface area (Å²) in [6.07, 6.45) is 1.42. The fraction of sp³-hybridized carbons (Fsp3) is 0.188. The number of para-hydroxylation sites is 1. The Labute approximate surface area is 136 Å². The van der Waals surface area contributed by atoms with Gasteiger partial charge in [-0.2, -0.15) is 9.78 Å². The molecule has 0 aliphatic heterocycles. The number of fused-ring (bicyclic) bond motifs is 1. The third-order valence-electron chi connectivity index (χ3n) is 3.28. The molecule has 23 heavy (non-hydrogen) atoms. The van der Waals surface area contributed by atoms with Gasteiger partial charge in [-0.25, -0.2) is 4.98 Å². The standard InChI is InChI=1S/C16H15N3O3S/c1-3-22-13-6-4-5-11(14(13)20)9-17-19-10(2)18-15-12(16(19)21)7-8-23-15/h4-9,20H,3H2,1-2H3/b17-9+. The highest BCUT2D eigenvalue weighted by molar-refractivity contribution is 7.16. The second-order valence-corrected chi connectivity index (χ2v) is 5.68. The summed E-state index contributed by atoms with van der Waals surface area (Å²) in [5.41, 5.74) is 0.234. The lowest BCUT2D eigenvalue weighted by atomic mass is 10.2. The number of rotatable bonds is 4. The normalized spacial score (nSPS) is 11.4. The van der Waals surface area contributed by atoms with Gasteiger partial charge in [0, 0.05) is 5.56 Å². The first-order chi connectivity index (χ1) is 11.1. The Balaban J connectivity index is 2.04. The highest BCUT2D eigenvalue weighted by Crippen LogP contribution is 2.28. The minimum absolute atomic E-state index is 0.00614. The van der Waals surface area contributed by atoms with Crippen LogP contribution >= 0.6 is 11.3 Å². The van der Waals surface area contributed by atoms with E-state index in [2.05, 4.69) is 10.1 Å². The zero-order valence-corrected chi connectivity index (χ0v) is 13.5. The number of hydrogen-bond acceptors (Lipinski definition) is 6. The molecule has 0 bridgehead atoms. The van der Waals surface area contributed by atoms with Crippen molar-refractivity contribution < 1.29 is 9.84 Å². The highest BCUT2D eigenvalue weighted by Gasteiger charge is 2.09. The molecule has 0 fully saturated rings. The molecule has 3 rings (SSSR count). The van der Waals surface area contributed by atoms with E-state index >= 15 is 0 Å². The number of nitrogens with zero attached hydrogens (tertiary/aromatic N) is 3. The van der Waals surface area contributed by atoms with E-state index in [1.165, 1.54) is 22.2 Å². The van der Waals surface area contributed by atoms with Crippen LogP contribution in [-0.2, 0) is 0 Å². The van der Waals surface area contributed by atoms with Gasteiger partial charge in [0.25, 0.3) is 5.56 Å². The van der Waals surface area contributed by atoms with Crippen LogP contribution in [0.4, 0.5) is 0 Å². The van der Waals surface area contributed by atoms with Crippen LogP contribution in [0.1, 0.15) is 18.3 Å². The molecule has 0 aliphatic carbocycles. The molecule has 3 aromatic rings. The van der Waals surface area contributed by atoms with E-state index in [-0.39, 0.29) is 11.3 Å². The summed E-state index contributed by atoms with van der Waals surface area (Å²) in [7, 11) is 0. The Morgan fingerprint density at radius 2 is 2.26 bits per heavy atom. The maximum atomic E-state index is 12.4. The van der Waals surface area contributed by atoms with Crippen molar-refractivity contribution in [3.8, 4) is 11.5 Å². The lowest BCUT2D eigenvalue weighted by Crippen LogP contribution is -2.19. The van der Waals surface area contributed by atoms with Gasteiger partial charge in [-0.15, -0.1) is 11.3 Å². The number of hydrogen-bond donors (Lipinski definition) is 1. The third kappa shape index (κ3) is 2.83. The Kier molecular flexibility index (Phi) is 4.12. The summed E-state index contributed by atoms with van der Waals surface area (Å²) < 4.78 is 6.56. The van der Waals surface area contributed by atoms with E-state index in [4.69, 9.17) is 4.74 Å². The summed E-state index contributed by atoms with van der Waals surface area (Å²) in [6.45, 7) is 4.00. The number of aryl methyl sites for hydroxylation is 1. The van der Waals surface area contributed by atoms with Crippen molar-refractivity contribution in [2.24, 2.45) is 5.10 Å². The maximum absolute atomic E-state index is 12.4. The summed E-state index contributed by atoms with van der Waals surface area (Å²) in [5.74, 6) is 0.863. The summed E-state index contributed by atoms with van der Waals surface area (Å²) in [5, 5.41) is 16.7. The number of thiophene rings is 1.